The first kappa shape index (κ1) is 11.0. The molecule has 1 aliphatic carbocycles. The topological polar surface area (TPSA) is 12.0 Å². The van der Waals surface area contributed by atoms with E-state index < -0.39 is 0 Å². The Morgan fingerprint density at radius 3 is 2.31 bits per heavy atom. The molecule has 1 N–H and O–H groups in total. The molecular formula is C12H25N. The van der Waals surface area contributed by atoms with Crippen LogP contribution >= 0.6 is 0 Å². The molecule has 0 aromatic rings. The molecule has 0 bridgehead atoms. The Hall–Kier alpha value is -0.0400. The minimum atomic E-state index is 0.423. The van der Waals surface area contributed by atoms with Gasteiger partial charge in [-0.3, -0.25) is 0 Å². The first-order chi connectivity index (χ1) is 5.79. The van der Waals surface area contributed by atoms with Gasteiger partial charge in [0.15, 0.2) is 0 Å². The smallest absolute Gasteiger partial charge is 0.00725 e. The summed E-state index contributed by atoms with van der Waals surface area (Å²) in [6.45, 7) is 12.8. The van der Waals surface area contributed by atoms with Gasteiger partial charge in [-0.2, -0.15) is 0 Å². The number of hydrogen-bond donors (Lipinski definition) is 1. The van der Waals surface area contributed by atoms with E-state index in [1.807, 2.05) is 0 Å². The first-order valence-electron chi connectivity index (χ1n) is 5.52. The zero-order valence-electron chi connectivity index (χ0n) is 9.91. The van der Waals surface area contributed by atoms with Gasteiger partial charge < -0.3 is 5.32 Å². The maximum absolute atomic E-state index is 3.68. The summed E-state index contributed by atoms with van der Waals surface area (Å²) in [4.78, 5) is 0. The summed E-state index contributed by atoms with van der Waals surface area (Å²) in [7, 11) is 0. The van der Waals surface area contributed by atoms with Crippen LogP contribution in [0.3, 0.4) is 0 Å². The van der Waals surface area contributed by atoms with Crippen molar-refractivity contribution in [2.75, 3.05) is 6.54 Å². The van der Waals surface area contributed by atoms with E-state index in [1.54, 1.807) is 0 Å². The summed E-state index contributed by atoms with van der Waals surface area (Å²) in [5.74, 6) is 0. The highest BCUT2D eigenvalue weighted by Crippen LogP contribution is 2.37. The second kappa shape index (κ2) is 3.61. The summed E-state index contributed by atoms with van der Waals surface area (Å²) in [6, 6.07) is 0.772. The van der Waals surface area contributed by atoms with Crippen LogP contribution in [0.5, 0.6) is 0 Å². The highest BCUT2D eigenvalue weighted by molar-refractivity contribution is 4.87. The molecule has 1 heteroatoms. The Morgan fingerprint density at radius 2 is 1.92 bits per heavy atom. The summed E-state index contributed by atoms with van der Waals surface area (Å²) >= 11 is 0. The molecule has 0 aromatic carbocycles. The minimum Gasteiger partial charge on any atom is -0.313 e. The van der Waals surface area contributed by atoms with Crippen LogP contribution in [-0.4, -0.2) is 12.6 Å². The maximum Gasteiger partial charge on any atom is 0.00725 e. The molecule has 13 heavy (non-hydrogen) atoms. The van der Waals surface area contributed by atoms with E-state index in [4.69, 9.17) is 0 Å². The lowest BCUT2D eigenvalue weighted by molar-refractivity contribution is 0.327. The van der Waals surface area contributed by atoms with Crippen molar-refractivity contribution >= 4 is 0 Å². The quantitative estimate of drug-likeness (QED) is 0.693. The van der Waals surface area contributed by atoms with Crippen LogP contribution in [0.25, 0.3) is 0 Å². The summed E-state index contributed by atoms with van der Waals surface area (Å²) < 4.78 is 0. The molecule has 1 atom stereocenters. The Balaban J connectivity index is 2.25. The van der Waals surface area contributed by atoms with E-state index in [0.717, 1.165) is 12.6 Å². The van der Waals surface area contributed by atoms with Gasteiger partial charge in [0.05, 0.1) is 0 Å². The molecule has 1 nitrogen and oxygen atoms in total. The van der Waals surface area contributed by atoms with Crippen molar-refractivity contribution in [2.24, 2.45) is 10.8 Å². The Kier molecular flexibility index (Phi) is 3.06. The molecule has 0 radical (unpaired) electrons. The molecule has 1 unspecified atom stereocenters. The van der Waals surface area contributed by atoms with Crippen molar-refractivity contribution < 1.29 is 0 Å². The molecule has 0 amide bonds. The fraction of sp³-hybridized carbons (Fsp3) is 1.00. The van der Waals surface area contributed by atoms with Crippen molar-refractivity contribution in [2.45, 2.75) is 59.9 Å². The average molecular weight is 183 g/mol. The molecule has 1 fully saturated rings. The molecule has 1 aliphatic rings. The molecular weight excluding hydrogens is 158 g/mol. The summed E-state index contributed by atoms with van der Waals surface area (Å²) in [5, 5.41) is 3.68. The van der Waals surface area contributed by atoms with Crippen molar-refractivity contribution in [1.82, 2.24) is 5.32 Å². The van der Waals surface area contributed by atoms with Gasteiger partial charge in [0.25, 0.3) is 0 Å². The van der Waals surface area contributed by atoms with Gasteiger partial charge in [0, 0.05) is 12.6 Å². The number of nitrogens with one attached hydrogen (secondary N) is 1. The lowest BCUT2D eigenvalue weighted by Crippen LogP contribution is -2.34. The van der Waals surface area contributed by atoms with Crippen molar-refractivity contribution in [3.63, 3.8) is 0 Å². The standard InChI is InChI=1S/C12H25N/c1-11(2,3)9-13-10-6-7-12(4,5)8-10/h10,13H,6-9H2,1-5H3. The zero-order chi connectivity index (χ0) is 10.1. The van der Waals surface area contributed by atoms with E-state index in [0.29, 0.717) is 10.8 Å². The van der Waals surface area contributed by atoms with E-state index >= 15 is 0 Å². The molecule has 0 aromatic heterocycles. The van der Waals surface area contributed by atoms with Crippen molar-refractivity contribution in [3.8, 4) is 0 Å². The van der Waals surface area contributed by atoms with Gasteiger partial charge >= 0.3 is 0 Å². The number of rotatable bonds is 2. The maximum atomic E-state index is 3.68. The van der Waals surface area contributed by atoms with Crippen molar-refractivity contribution in [1.29, 1.82) is 0 Å². The molecule has 0 spiro atoms. The Morgan fingerprint density at radius 1 is 1.31 bits per heavy atom. The van der Waals surface area contributed by atoms with Gasteiger partial charge in [0.1, 0.15) is 0 Å². The molecule has 78 valence electrons. The SMILES string of the molecule is CC(C)(C)CNC1CCC(C)(C)C1. The summed E-state index contributed by atoms with van der Waals surface area (Å²) in [5.41, 5.74) is 1.00. The van der Waals surface area contributed by atoms with E-state index in [2.05, 4.69) is 39.9 Å². The Labute approximate surface area is 83.3 Å². The van der Waals surface area contributed by atoms with Crippen LogP contribution < -0.4 is 5.32 Å². The third kappa shape index (κ3) is 4.12. The molecule has 0 saturated heterocycles. The third-order valence-corrected chi connectivity index (χ3v) is 2.89. The minimum absolute atomic E-state index is 0.423. The van der Waals surface area contributed by atoms with Crippen LogP contribution in [0.2, 0.25) is 0 Å². The third-order valence-electron chi connectivity index (χ3n) is 2.89. The second-order valence-corrected chi connectivity index (χ2v) is 6.55. The predicted molar refractivity (Wildman–Crippen MR) is 58.9 cm³/mol. The van der Waals surface area contributed by atoms with Gasteiger partial charge in [-0.25, -0.2) is 0 Å². The normalized spacial score (nSPS) is 27.9. The van der Waals surface area contributed by atoms with Crippen LogP contribution in [0.4, 0.5) is 0 Å². The van der Waals surface area contributed by atoms with Gasteiger partial charge in [-0.15, -0.1) is 0 Å². The van der Waals surface area contributed by atoms with Crippen LogP contribution in [0.1, 0.15) is 53.9 Å². The van der Waals surface area contributed by atoms with E-state index in [9.17, 15) is 0 Å². The monoisotopic (exact) mass is 183 g/mol. The second-order valence-electron chi connectivity index (χ2n) is 6.55. The van der Waals surface area contributed by atoms with E-state index in [1.165, 1.54) is 19.3 Å². The number of hydrogen-bond acceptors (Lipinski definition) is 1. The zero-order valence-corrected chi connectivity index (χ0v) is 9.91. The molecule has 1 rings (SSSR count). The van der Waals surface area contributed by atoms with Gasteiger partial charge in [0.2, 0.25) is 0 Å². The molecule has 0 heterocycles. The lowest BCUT2D eigenvalue weighted by atomic mass is 9.91. The summed E-state index contributed by atoms with van der Waals surface area (Å²) in [6.07, 6.45) is 4.10. The largest absolute Gasteiger partial charge is 0.313 e. The van der Waals surface area contributed by atoms with Gasteiger partial charge in [-0.05, 0) is 30.1 Å². The van der Waals surface area contributed by atoms with Crippen LogP contribution in [-0.2, 0) is 0 Å². The van der Waals surface area contributed by atoms with Gasteiger partial charge in [-0.1, -0.05) is 34.6 Å². The van der Waals surface area contributed by atoms with E-state index in [-0.39, 0.29) is 0 Å². The van der Waals surface area contributed by atoms with Crippen LogP contribution in [0.15, 0.2) is 0 Å². The predicted octanol–water partition coefficient (Wildman–Crippen LogP) is 3.20. The average Bonchev–Trinajstić information content (AvgIpc) is 2.24. The van der Waals surface area contributed by atoms with Crippen LogP contribution in [0, 0.1) is 10.8 Å². The molecule has 1 saturated carbocycles. The first-order valence-corrected chi connectivity index (χ1v) is 5.52. The highest BCUT2D eigenvalue weighted by atomic mass is 14.9. The Bertz CT molecular complexity index is 164. The fourth-order valence-electron chi connectivity index (χ4n) is 2.06. The molecule has 0 aliphatic heterocycles. The highest BCUT2D eigenvalue weighted by Gasteiger charge is 2.30. The van der Waals surface area contributed by atoms with Crippen molar-refractivity contribution in [3.05, 3.63) is 0 Å². The fourth-order valence-corrected chi connectivity index (χ4v) is 2.06. The lowest BCUT2D eigenvalue weighted by Gasteiger charge is -2.23.